The zero-order chi connectivity index (χ0) is 16.8. The molecule has 0 aromatic heterocycles. The van der Waals surface area contributed by atoms with Gasteiger partial charge in [-0.15, -0.1) is 0 Å². The molecule has 1 amide bonds. The topological polar surface area (TPSA) is 44.8 Å². The molecule has 0 saturated carbocycles. The normalized spacial score (nSPS) is 21.9. The maximum absolute atomic E-state index is 12.2. The van der Waals surface area contributed by atoms with Gasteiger partial charge in [0.15, 0.2) is 6.61 Å². The molecule has 1 atom stereocenters. The van der Waals surface area contributed by atoms with Crippen molar-refractivity contribution in [2.24, 2.45) is 0 Å². The van der Waals surface area contributed by atoms with Crippen LogP contribution in [-0.2, 0) is 11.3 Å². The van der Waals surface area contributed by atoms with Crippen LogP contribution in [0.25, 0.3) is 0 Å². The van der Waals surface area contributed by atoms with Crippen LogP contribution in [0.1, 0.15) is 31.2 Å². The number of benzene rings is 1. The first-order chi connectivity index (χ1) is 11.8. The molecule has 2 saturated heterocycles. The first-order valence-corrected chi connectivity index (χ1v) is 9.14. The number of hydrogen-bond acceptors (Lipinski definition) is 4. The number of hydrogen-bond donors (Lipinski definition) is 1. The lowest BCUT2D eigenvalue weighted by Gasteiger charge is -2.32. The monoisotopic (exact) mass is 331 g/mol. The molecule has 1 aromatic rings. The van der Waals surface area contributed by atoms with E-state index in [1.807, 2.05) is 30.1 Å². The van der Waals surface area contributed by atoms with Gasteiger partial charge in [0.25, 0.3) is 5.91 Å². The van der Waals surface area contributed by atoms with E-state index in [0.717, 1.165) is 51.3 Å². The van der Waals surface area contributed by atoms with Crippen molar-refractivity contribution in [1.29, 1.82) is 0 Å². The highest BCUT2D eigenvalue weighted by molar-refractivity contribution is 5.78. The van der Waals surface area contributed by atoms with E-state index in [9.17, 15) is 4.79 Å². The van der Waals surface area contributed by atoms with Crippen molar-refractivity contribution in [3.05, 3.63) is 29.8 Å². The molecular formula is C19H29N3O2. The lowest BCUT2D eigenvalue weighted by Crippen LogP contribution is -2.43. The minimum atomic E-state index is 0.107. The SMILES string of the molecule is CNC1CCCN(Cc2ccccc2OCC(=O)N2CCCC2)C1. The Morgan fingerprint density at radius 1 is 1.21 bits per heavy atom. The molecule has 0 spiro atoms. The quantitative estimate of drug-likeness (QED) is 0.864. The Morgan fingerprint density at radius 3 is 2.79 bits per heavy atom. The Kier molecular flexibility index (Phi) is 6.10. The Hall–Kier alpha value is -1.59. The lowest BCUT2D eigenvalue weighted by atomic mass is 10.0. The van der Waals surface area contributed by atoms with Gasteiger partial charge in [-0.3, -0.25) is 9.69 Å². The predicted octanol–water partition coefficient (Wildman–Crippen LogP) is 1.87. The number of likely N-dealkylation sites (N-methyl/N-ethyl adjacent to an activating group) is 1. The molecule has 5 nitrogen and oxygen atoms in total. The number of rotatable bonds is 6. The Bertz CT molecular complexity index is 543. The third kappa shape index (κ3) is 4.48. The van der Waals surface area contributed by atoms with Crippen molar-refractivity contribution in [2.75, 3.05) is 39.8 Å². The fourth-order valence-corrected chi connectivity index (χ4v) is 3.65. The average molecular weight is 331 g/mol. The number of carbonyl (C=O) groups is 1. The van der Waals surface area contributed by atoms with Gasteiger partial charge in [0.05, 0.1) is 0 Å². The van der Waals surface area contributed by atoms with Crippen LogP contribution in [0.3, 0.4) is 0 Å². The van der Waals surface area contributed by atoms with Gasteiger partial charge in [-0.2, -0.15) is 0 Å². The van der Waals surface area contributed by atoms with E-state index >= 15 is 0 Å². The van der Waals surface area contributed by atoms with Gasteiger partial charge in [-0.1, -0.05) is 18.2 Å². The minimum Gasteiger partial charge on any atom is -0.483 e. The summed E-state index contributed by atoms with van der Waals surface area (Å²) in [5, 5.41) is 3.38. The molecule has 0 bridgehead atoms. The van der Waals surface area contributed by atoms with Gasteiger partial charge in [-0.25, -0.2) is 0 Å². The number of carbonyl (C=O) groups excluding carboxylic acids is 1. The average Bonchev–Trinajstić information content (AvgIpc) is 3.16. The molecule has 24 heavy (non-hydrogen) atoms. The van der Waals surface area contributed by atoms with E-state index in [0.29, 0.717) is 6.04 Å². The summed E-state index contributed by atoms with van der Waals surface area (Å²) in [4.78, 5) is 16.6. The maximum Gasteiger partial charge on any atom is 0.260 e. The van der Waals surface area contributed by atoms with E-state index in [1.165, 1.54) is 18.4 Å². The fourth-order valence-electron chi connectivity index (χ4n) is 3.65. The van der Waals surface area contributed by atoms with E-state index in [4.69, 9.17) is 4.74 Å². The molecule has 1 unspecified atom stereocenters. The minimum absolute atomic E-state index is 0.107. The summed E-state index contributed by atoms with van der Waals surface area (Å²) < 4.78 is 5.87. The van der Waals surface area contributed by atoms with Gasteiger partial charge >= 0.3 is 0 Å². The molecular weight excluding hydrogens is 302 g/mol. The summed E-state index contributed by atoms with van der Waals surface area (Å²) in [5.41, 5.74) is 1.17. The maximum atomic E-state index is 12.2. The number of amides is 1. The summed E-state index contributed by atoms with van der Waals surface area (Å²) in [5.74, 6) is 0.951. The first kappa shape index (κ1) is 17.2. The highest BCUT2D eigenvalue weighted by atomic mass is 16.5. The molecule has 0 radical (unpaired) electrons. The number of ether oxygens (including phenoxy) is 1. The van der Waals surface area contributed by atoms with Crippen LogP contribution < -0.4 is 10.1 Å². The van der Waals surface area contributed by atoms with Crippen molar-refractivity contribution in [2.45, 2.75) is 38.3 Å². The fraction of sp³-hybridized carbons (Fsp3) is 0.632. The van der Waals surface area contributed by atoms with Gasteiger partial charge < -0.3 is 15.0 Å². The summed E-state index contributed by atoms with van der Waals surface area (Å²) in [7, 11) is 2.04. The van der Waals surface area contributed by atoms with Crippen molar-refractivity contribution < 1.29 is 9.53 Å². The van der Waals surface area contributed by atoms with Crippen LogP contribution in [0.4, 0.5) is 0 Å². The van der Waals surface area contributed by atoms with Crippen LogP contribution in [0.2, 0.25) is 0 Å². The van der Waals surface area contributed by atoms with E-state index in [1.54, 1.807) is 0 Å². The smallest absolute Gasteiger partial charge is 0.260 e. The molecule has 132 valence electrons. The van der Waals surface area contributed by atoms with Crippen LogP contribution in [-0.4, -0.2) is 61.6 Å². The molecule has 2 aliphatic rings. The van der Waals surface area contributed by atoms with Crippen molar-refractivity contribution in [3.63, 3.8) is 0 Å². The lowest BCUT2D eigenvalue weighted by molar-refractivity contribution is -0.132. The molecule has 1 aromatic carbocycles. The molecule has 5 heteroatoms. The van der Waals surface area contributed by atoms with Crippen molar-refractivity contribution in [1.82, 2.24) is 15.1 Å². The number of nitrogens with zero attached hydrogens (tertiary/aromatic N) is 2. The molecule has 2 fully saturated rings. The second-order valence-electron chi connectivity index (χ2n) is 6.85. The summed E-state index contributed by atoms with van der Waals surface area (Å²) in [6, 6.07) is 8.68. The number of nitrogens with one attached hydrogen (secondary N) is 1. The van der Waals surface area contributed by atoms with Crippen LogP contribution in [0.5, 0.6) is 5.75 Å². The largest absolute Gasteiger partial charge is 0.483 e. The Morgan fingerprint density at radius 2 is 2.00 bits per heavy atom. The first-order valence-electron chi connectivity index (χ1n) is 9.14. The predicted molar refractivity (Wildman–Crippen MR) is 95.1 cm³/mol. The second-order valence-corrected chi connectivity index (χ2v) is 6.85. The van der Waals surface area contributed by atoms with E-state index in [2.05, 4.69) is 16.3 Å². The Labute approximate surface area is 145 Å². The molecule has 3 rings (SSSR count). The molecule has 1 N–H and O–H groups in total. The van der Waals surface area contributed by atoms with Crippen LogP contribution in [0.15, 0.2) is 24.3 Å². The van der Waals surface area contributed by atoms with Crippen LogP contribution >= 0.6 is 0 Å². The number of piperidine rings is 1. The van der Waals surface area contributed by atoms with Gasteiger partial charge in [0.1, 0.15) is 5.75 Å². The Balaban J connectivity index is 1.57. The van der Waals surface area contributed by atoms with Gasteiger partial charge in [0.2, 0.25) is 0 Å². The zero-order valence-corrected chi connectivity index (χ0v) is 14.7. The zero-order valence-electron chi connectivity index (χ0n) is 14.7. The molecule has 2 heterocycles. The number of para-hydroxylation sites is 1. The van der Waals surface area contributed by atoms with Gasteiger partial charge in [0, 0.05) is 37.8 Å². The summed E-state index contributed by atoms with van der Waals surface area (Å²) >= 11 is 0. The van der Waals surface area contributed by atoms with E-state index in [-0.39, 0.29) is 12.5 Å². The number of likely N-dealkylation sites (tertiary alicyclic amines) is 2. The highest BCUT2D eigenvalue weighted by Gasteiger charge is 2.21. The van der Waals surface area contributed by atoms with Crippen LogP contribution in [0, 0.1) is 0 Å². The molecule has 0 aliphatic carbocycles. The third-order valence-electron chi connectivity index (χ3n) is 5.09. The third-order valence-corrected chi connectivity index (χ3v) is 5.09. The summed E-state index contributed by atoms with van der Waals surface area (Å²) in [6.45, 7) is 4.98. The van der Waals surface area contributed by atoms with Crippen molar-refractivity contribution >= 4 is 5.91 Å². The summed E-state index contributed by atoms with van der Waals surface area (Å²) in [6.07, 6.45) is 4.70. The molecule has 2 aliphatic heterocycles. The standard InChI is InChI=1S/C19H29N3O2/c1-20-17-8-6-10-21(14-17)13-16-7-2-3-9-18(16)24-15-19(23)22-11-4-5-12-22/h2-3,7,9,17,20H,4-6,8,10-15H2,1H3. The van der Waals surface area contributed by atoms with Gasteiger partial charge in [-0.05, 0) is 45.3 Å². The highest BCUT2D eigenvalue weighted by Crippen LogP contribution is 2.22. The van der Waals surface area contributed by atoms with E-state index < -0.39 is 0 Å². The van der Waals surface area contributed by atoms with Crippen molar-refractivity contribution in [3.8, 4) is 5.75 Å². The second kappa shape index (κ2) is 8.49.